The molecular weight excluding hydrogens is 405 g/mol. The minimum atomic E-state index is -4.42. The molecule has 152 valence electrons. The van der Waals surface area contributed by atoms with Crippen LogP contribution < -0.4 is 10.1 Å². The average molecular weight is 422 g/mol. The van der Waals surface area contributed by atoms with Gasteiger partial charge in [-0.1, -0.05) is 11.8 Å². The minimum absolute atomic E-state index is 0.282. The predicted molar refractivity (Wildman–Crippen MR) is 104 cm³/mol. The molecule has 0 fully saturated rings. The molecule has 0 saturated carbocycles. The minimum Gasteiger partial charge on any atom is -0.497 e. The SMILES string of the molecule is COc1ccc(-c2nc(SC(C)C(=O)Nc3ccc(C(F)(F)F)cc3)n[nH]2)cc1. The van der Waals surface area contributed by atoms with Gasteiger partial charge in [0.15, 0.2) is 5.82 Å². The number of benzene rings is 2. The van der Waals surface area contributed by atoms with E-state index in [2.05, 4.69) is 20.5 Å². The number of carbonyl (C=O) groups excluding carboxylic acids is 1. The van der Waals surface area contributed by atoms with Gasteiger partial charge in [-0.05, 0) is 55.5 Å². The van der Waals surface area contributed by atoms with Crippen LogP contribution in [0.4, 0.5) is 18.9 Å². The Labute approximate surface area is 168 Å². The molecule has 0 aliphatic rings. The van der Waals surface area contributed by atoms with Gasteiger partial charge < -0.3 is 10.1 Å². The first-order valence-electron chi connectivity index (χ1n) is 8.48. The number of alkyl halides is 3. The summed E-state index contributed by atoms with van der Waals surface area (Å²) in [6.45, 7) is 1.66. The van der Waals surface area contributed by atoms with E-state index in [0.717, 1.165) is 35.2 Å². The van der Waals surface area contributed by atoms with E-state index < -0.39 is 17.0 Å². The highest BCUT2D eigenvalue weighted by atomic mass is 32.2. The van der Waals surface area contributed by atoms with E-state index in [4.69, 9.17) is 4.74 Å². The van der Waals surface area contributed by atoms with E-state index in [1.54, 1.807) is 26.2 Å². The van der Waals surface area contributed by atoms with Crippen LogP contribution in [0.5, 0.6) is 5.75 Å². The first-order chi connectivity index (χ1) is 13.8. The summed E-state index contributed by atoms with van der Waals surface area (Å²) in [5, 5.41) is 9.31. The Morgan fingerprint density at radius 3 is 2.38 bits per heavy atom. The zero-order valence-corrected chi connectivity index (χ0v) is 16.3. The number of halogens is 3. The summed E-state index contributed by atoms with van der Waals surface area (Å²) in [6.07, 6.45) is -4.42. The number of anilines is 1. The van der Waals surface area contributed by atoms with E-state index in [9.17, 15) is 18.0 Å². The number of aromatic nitrogens is 3. The van der Waals surface area contributed by atoms with Crippen LogP contribution in [0.3, 0.4) is 0 Å². The molecule has 2 aromatic carbocycles. The number of nitrogens with one attached hydrogen (secondary N) is 2. The molecule has 2 N–H and O–H groups in total. The topological polar surface area (TPSA) is 79.9 Å². The van der Waals surface area contributed by atoms with Crippen molar-refractivity contribution in [1.82, 2.24) is 15.2 Å². The van der Waals surface area contributed by atoms with Gasteiger partial charge in [0.1, 0.15) is 5.75 Å². The van der Waals surface area contributed by atoms with Gasteiger partial charge in [0, 0.05) is 11.3 Å². The molecule has 1 aromatic heterocycles. The highest BCUT2D eigenvalue weighted by molar-refractivity contribution is 8.00. The summed E-state index contributed by atoms with van der Waals surface area (Å²) in [4.78, 5) is 16.7. The Morgan fingerprint density at radius 2 is 1.79 bits per heavy atom. The standard InChI is InChI=1S/C19H17F3N4O2S/c1-11(17(27)23-14-7-5-13(6-8-14)19(20,21)22)29-18-24-16(25-26-18)12-3-9-15(28-2)10-4-12/h3-11H,1-2H3,(H,23,27)(H,24,25,26). The number of rotatable bonds is 6. The number of ether oxygens (including phenoxy) is 1. The summed E-state index contributed by atoms with van der Waals surface area (Å²) in [6, 6.07) is 11.5. The van der Waals surface area contributed by atoms with E-state index >= 15 is 0 Å². The van der Waals surface area contributed by atoms with Crippen molar-refractivity contribution in [2.45, 2.75) is 23.5 Å². The average Bonchev–Trinajstić information content (AvgIpc) is 3.16. The highest BCUT2D eigenvalue weighted by Crippen LogP contribution is 2.30. The van der Waals surface area contributed by atoms with Crippen LogP contribution in [0.25, 0.3) is 11.4 Å². The number of methoxy groups -OCH3 is 1. The maximum absolute atomic E-state index is 12.6. The Balaban J connectivity index is 1.60. The van der Waals surface area contributed by atoms with Gasteiger partial charge in [0.2, 0.25) is 11.1 Å². The fourth-order valence-corrected chi connectivity index (χ4v) is 3.10. The summed E-state index contributed by atoms with van der Waals surface area (Å²) >= 11 is 1.13. The normalized spacial score (nSPS) is 12.4. The third-order valence-corrected chi connectivity index (χ3v) is 4.92. The summed E-state index contributed by atoms with van der Waals surface area (Å²) in [5.41, 5.74) is 0.320. The van der Waals surface area contributed by atoms with Crippen molar-refractivity contribution in [3.05, 3.63) is 54.1 Å². The third kappa shape index (κ3) is 5.29. The number of hydrogen-bond donors (Lipinski definition) is 2. The second-order valence-electron chi connectivity index (χ2n) is 6.02. The monoisotopic (exact) mass is 422 g/mol. The molecule has 0 aliphatic heterocycles. The summed E-state index contributed by atoms with van der Waals surface area (Å²) in [7, 11) is 1.58. The number of hydrogen-bond acceptors (Lipinski definition) is 5. The smallest absolute Gasteiger partial charge is 0.416 e. The Hall–Kier alpha value is -3.01. The molecule has 29 heavy (non-hydrogen) atoms. The van der Waals surface area contributed by atoms with Crippen LogP contribution in [-0.2, 0) is 11.0 Å². The van der Waals surface area contributed by atoms with Gasteiger partial charge in [0.05, 0.1) is 17.9 Å². The quantitative estimate of drug-likeness (QED) is 0.567. The third-order valence-electron chi connectivity index (χ3n) is 3.96. The Bertz CT molecular complexity index is 972. The largest absolute Gasteiger partial charge is 0.497 e. The van der Waals surface area contributed by atoms with Gasteiger partial charge in [-0.25, -0.2) is 4.98 Å². The zero-order valence-electron chi connectivity index (χ0n) is 15.4. The molecule has 10 heteroatoms. The molecule has 0 bridgehead atoms. The Kier molecular flexibility index (Phi) is 6.12. The van der Waals surface area contributed by atoms with Crippen LogP contribution in [0, 0.1) is 0 Å². The number of H-pyrrole nitrogens is 1. The van der Waals surface area contributed by atoms with E-state index in [1.165, 1.54) is 12.1 Å². The molecule has 0 spiro atoms. The molecule has 3 aromatic rings. The second-order valence-corrected chi connectivity index (χ2v) is 7.33. The first kappa shape index (κ1) is 20.7. The van der Waals surface area contributed by atoms with Crippen LogP contribution >= 0.6 is 11.8 Å². The molecule has 1 unspecified atom stereocenters. The molecule has 0 saturated heterocycles. The lowest BCUT2D eigenvalue weighted by Gasteiger charge is -2.11. The van der Waals surface area contributed by atoms with E-state index in [-0.39, 0.29) is 11.6 Å². The number of amides is 1. The van der Waals surface area contributed by atoms with E-state index in [0.29, 0.717) is 11.0 Å². The van der Waals surface area contributed by atoms with Gasteiger partial charge in [0.25, 0.3) is 0 Å². The van der Waals surface area contributed by atoms with Crippen molar-refractivity contribution in [1.29, 1.82) is 0 Å². The van der Waals surface area contributed by atoms with Gasteiger partial charge >= 0.3 is 6.18 Å². The molecule has 1 heterocycles. The van der Waals surface area contributed by atoms with Crippen LogP contribution in [0.15, 0.2) is 53.7 Å². The van der Waals surface area contributed by atoms with Crippen LogP contribution in [0.1, 0.15) is 12.5 Å². The van der Waals surface area contributed by atoms with Crippen molar-refractivity contribution in [2.75, 3.05) is 12.4 Å². The van der Waals surface area contributed by atoms with Crippen molar-refractivity contribution in [3.8, 4) is 17.1 Å². The molecule has 0 aliphatic carbocycles. The molecule has 0 radical (unpaired) electrons. The number of aromatic amines is 1. The van der Waals surface area contributed by atoms with Crippen molar-refractivity contribution < 1.29 is 22.7 Å². The lowest BCUT2D eigenvalue weighted by atomic mass is 10.2. The van der Waals surface area contributed by atoms with Crippen LogP contribution in [0.2, 0.25) is 0 Å². The zero-order chi connectivity index (χ0) is 21.0. The van der Waals surface area contributed by atoms with Gasteiger partial charge in [-0.15, -0.1) is 5.10 Å². The molecular formula is C19H17F3N4O2S. The summed E-state index contributed by atoms with van der Waals surface area (Å²) in [5.74, 6) is 0.896. The molecule has 1 amide bonds. The number of carbonyl (C=O) groups is 1. The second kappa shape index (κ2) is 8.56. The number of nitrogens with zero attached hydrogens (tertiary/aromatic N) is 2. The predicted octanol–water partition coefficient (Wildman–Crippen LogP) is 4.62. The van der Waals surface area contributed by atoms with Crippen molar-refractivity contribution in [2.24, 2.45) is 0 Å². The lowest BCUT2D eigenvalue weighted by molar-refractivity contribution is -0.137. The highest BCUT2D eigenvalue weighted by Gasteiger charge is 2.30. The maximum Gasteiger partial charge on any atom is 0.416 e. The fourth-order valence-electron chi connectivity index (χ4n) is 2.38. The fraction of sp³-hybridized carbons (Fsp3) is 0.211. The molecule has 3 rings (SSSR count). The van der Waals surface area contributed by atoms with E-state index in [1.807, 2.05) is 12.1 Å². The summed E-state index contributed by atoms with van der Waals surface area (Å²) < 4.78 is 42.9. The van der Waals surface area contributed by atoms with Crippen molar-refractivity contribution in [3.63, 3.8) is 0 Å². The maximum atomic E-state index is 12.6. The van der Waals surface area contributed by atoms with Crippen molar-refractivity contribution >= 4 is 23.4 Å². The number of thioether (sulfide) groups is 1. The van der Waals surface area contributed by atoms with Gasteiger partial charge in [-0.3, -0.25) is 9.89 Å². The molecule has 1 atom stereocenters. The van der Waals surface area contributed by atoms with Gasteiger partial charge in [-0.2, -0.15) is 13.2 Å². The first-order valence-corrected chi connectivity index (χ1v) is 9.36. The van der Waals surface area contributed by atoms with Crippen LogP contribution in [-0.4, -0.2) is 33.4 Å². The lowest BCUT2D eigenvalue weighted by Crippen LogP contribution is -2.22. The Morgan fingerprint density at radius 1 is 1.14 bits per heavy atom. The molecule has 6 nitrogen and oxygen atoms in total.